The van der Waals surface area contributed by atoms with E-state index in [1.165, 1.54) is 24.1 Å². The SMILES string of the molecule is COc1nc(N(C)C)sc1CNC(C)CC1CC1. The predicted molar refractivity (Wildman–Crippen MR) is 76.6 cm³/mol. The summed E-state index contributed by atoms with van der Waals surface area (Å²) in [5, 5.41) is 4.57. The number of aromatic nitrogens is 1. The Morgan fingerprint density at radius 2 is 2.22 bits per heavy atom. The molecule has 1 unspecified atom stereocenters. The average molecular weight is 269 g/mol. The smallest absolute Gasteiger partial charge is 0.230 e. The van der Waals surface area contributed by atoms with E-state index >= 15 is 0 Å². The molecule has 0 bridgehead atoms. The van der Waals surface area contributed by atoms with Gasteiger partial charge in [0, 0.05) is 26.7 Å². The molecule has 0 spiro atoms. The van der Waals surface area contributed by atoms with Gasteiger partial charge in [0.15, 0.2) is 5.13 Å². The van der Waals surface area contributed by atoms with Crippen molar-refractivity contribution in [2.75, 3.05) is 26.1 Å². The predicted octanol–water partition coefficient (Wildman–Crippen LogP) is 2.50. The van der Waals surface area contributed by atoms with Crippen LogP contribution in [0.1, 0.15) is 31.1 Å². The number of nitrogens with zero attached hydrogens (tertiary/aromatic N) is 2. The Morgan fingerprint density at radius 3 is 2.78 bits per heavy atom. The number of ether oxygens (including phenoxy) is 1. The molecule has 1 fully saturated rings. The third-order valence-corrected chi connectivity index (χ3v) is 4.43. The van der Waals surface area contributed by atoms with Crippen molar-refractivity contribution in [3.05, 3.63) is 4.88 Å². The van der Waals surface area contributed by atoms with Crippen molar-refractivity contribution < 1.29 is 4.74 Å². The summed E-state index contributed by atoms with van der Waals surface area (Å²) in [6, 6.07) is 0.576. The van der Waals surface area contributed by atoms with Gasteiger partial charge in [0.1, 0.15) is 0 Å². The lowest BCUT2D eigenvalue weighted by Gasteiger charge is -2.12. The van der Waals surface area contributed by atoms with Crippen molar-refractivity contribution in [3.8, 4) is 5.88 Å². The van der Waals surface area contributed by atoms with Crippen molar-refractivity contribution in [2.24, 2.45) is 5.92 Å². The van der Waals surface area contributed by atoms with Crippen molar-refractivity contribution in [3.63, 3.8) is 0 Å². The zero-order chi connectivity index (χ0) is 13.1. The summed E-state index contributed by atoms with van der Waals surface area (Å²) in [6.07, 6.45) is 4.13. The first-order chi connectivity index (χ1) is 8.60. The van der Waals surface area contributed by atoms with Gasteiger partial charge in [0.2, 0.25) is 5.88 Å². The van der Waals surface area contributed by atoms with Crippen LogP contribution < -0.4 is 15.0 Å². The number of thiazole rings is 1. The Morgan fingerprint density at radius 1 is 1.50 bits per heavy atom. The van der Waals surface area contributed by atoms with Gasteiger partial charge >= 0.3 is 0 Å². The molecule has 4 nitrogen and oxygen atoms in total. The lowest BCUT2D eigenvalue weighted by molar-refractivity contribution is 0.392. The molecule has 0 aromatic carbocycles. The highest BCUT2D eigenvalue weighted by Gasteiger charge is 2.23. The topological polar surface area (TPSA) is 37.4 Å². The zero-order valence-electron chi connectivity index (χ0n) is 11.7. The zero-order valence-corrected chi connectivity index (χ0v) is 12.5. The fraction of sp³-hybridized carbons (Fsp3) is 0.769. The van der Waals surface area contributed by atoms with Gasteiger partial charge in [-0.05, 0) is 19.3 Å². The van der Waals surface area contributed by atoms with Crippen LogP contribution in [0.2, 0.25) is 0 Å². The molecule has 2 rings (SSSR count). The summed E-state index contributed by atoms with van der Waals surface area (Å²) in [7, 11) is 5.70. The molecule has 0 saturated heterocycles. The highest BCUT2D eigenvalue weighted by molar-refractivity contribution is 7.15. The van der Waals surface area contributed by atoms with Gasteiger partial charge in [-0.2, -0.15) is 4.98 Å². The highest BCUT2D eigenvalue weighted by Crippen LogP contribution is 2.34. The van der Waals surface area contributed by atoms with Crippen molar-refractivity contribution in [1.82, 2.24) is 10.3 Å². The number of methoxy groups -OCH3 is 1. The summed E-state index contributed by atoms with van der Waals surface area (Å²) in [5.41, 5.74) is 0. The molecular weight excluding hydrogens is 246 g/mol. The Balaban J connectivity index is 1.90. The van der Waals surface area contributed by atoms with Crippen LogP contribution in [0.25, 0.3) is 0 Å². The molecule has 5 heteroatoms. The molecule has 1 saturated carbocycles. The Hall–Kier alpha value is -0.810. The fourth-order valence-corrected chi connectivity index (χ4v) is 2.90. The number of nitrogens with one attached hydrogen (secondary N) is 1. The summed E-state index contributed by atoms with van der Waals surface area (Å²) in [4.78, 5) is 7.66. The van der Waals surface area contributed by atoms with Crippen LogP contribution >= 0.6 is 11.3 Å². The van der Waals surface area contributed by atoms with E-state index in [0.717, 1.165) is 23.5 Å². The molecule has 0 radical (unpaired) electrons. The third kappa shape index (κ3) is 3.59. The van der Waals surface area contributed by atoms with Crippen LogP contribution in [0.15, 0.2) is 0 Å². The standard InChI is InChI=1S/C13H23N3OS/c1-9(7-10-5-6-10)14-8-11-12(17-4)15-13(18-11)16(2)3/h9-10,14H,5-8H2,1-4H3. The highest BCUT2D eigenvalue weighted by atomic mass is 32.1. The van der Waals surface area contributed by atoms with Crippen molar-refractivity contribution >= 4 is 16.5 Å². The van der Waals surface area contributed by atoms with Gasteiger partial charge in [0.05, 0.1) is 12.0 Å². The lowest BCUT2D eigenvalue weighted by Crippen LogP contribution is -2.25. The number of anilines is 1. The molecule has 1 heterocycles. The summed E-state index contributed by atoms with van der Waals surface area (Å²) in [5.74, 6) is 1.73. The minimum atomic E-state index is 0.576. The van der Waals surface area contributed by atoms with E-state index < -0.39 is 0 Å². The first kappa shape index (κ1) is 13.6. The quantitative estimate of drug-likeness (QED) is 0.825. The molecule has 18 heavy (non-hydrogen) atoms. The van der Waals surface area contributed by atoms with Gasteiger partial charge in [-0.15, -0.1) is 0 Å². The van der Waals surface area contributed by atoms with E-state index in [2.05, 4.69) is 17.2 Å². The Bertz CT molecular complexity index is 388. The molecule has 1 aliphatic rings. The van der Waals surface area contributed by atoms with Crippen molar-refractivity contribution in [1.29, 1.82) is 0 Å². The van der Waals surface area contributed by atoms with Gasteiger partial charge in [-0.3, -0.25) is 0 Å². The monoisotopic (exact) mass is 269 g/mol. The van der Waals surface area contributed by atoms with E-state index in [0.29, 0.717) is 6.04 Å². The van der Waals surface area contributed by atoms with Crippen LogP contribution in [-0.2, 0) is 6.54 Å². The summed E-state index contributed by atoms with van der Waals surface area (Å²) >= 11 is 1.70. The molecule has 1 N–H and O–H groups in total. The third-order valence-electron chi connectivity index (χ3n) is 3.22. The second-order valence-electron chi connectivity index (χ2n) is 5.28. The van der Waals surface area contributed by atoms with Crippen LogP contribution in [0, 0.1) is 5.92 Å². The first-order valence-corrected chi connectivity index (χ1v) is 7.36. The number of hydrogen-bond donors (Lipinski definition) is 1. The van der Waals surface area contributed by atoms with E-state index in [1.54, 1.807) is 18.4 Å². The van der Waals surface area contributed by atoms with E-state index in [1.807, 2.05) is 19.0 Å². The Labute approximate surface area is 113 Å². The maximum Gasteiger partial charge on any atom is 0.230 e. The van der Waals surface area contributed by atoms with E-state index in [-0.39, 0.29) is 0 Å². The Kier molecular flexibility index (Phi) is 4.45. The maximum absolute atomic E-state index is 5.33. The van der Waals surface area contributed by atoms with Crippen LogP contribution in [0.5, 0.6) is 5.88 Å². The molecule has 1 atom stereocenters. The van der Waals surface area contributed by atoms with Gasteiger partial charge < -0.3 is 15.0 Å². The van der Waals surface area contributed by atoms with Gasteiger partial charge in [-0.1, -0.05) is 24.2 Å². The van der Waals surface area contributed by atoms with Crippen molar-refractivity contribution in [2.45, 2.75) is 38.8 Å². The second-order valence-corrected chi connectivity index (χ2v) is 6.35. The van der Waals surface area contributed by atoms with Gasteiger partial charge in [0.25, 0.3) is 0 Å². The molecule has 1 aromatic rings. The number of hydrogen-bond acceptors (Lipinski definition) is 5. The summed E-state index contributed by atoms with van der Waals surface area (Å²) < 4.78 is 5.33. The molecule has 1 aliphatic carbocycles. The van der Waals surface area contributed by atoms with Crippen LogP contribution in [-0.4, -0.2) is 32.2 Å². The fourth-order valence-electron chi connectivity index (χ4n) is 1.99. The molecule has 0 aliphatic heterocycles. The largest absolute Gasteiger partial charge is 0.480 e. The van der Waals surface area contributed by atoms with E-state index in [4.69, 9.17) is 4.74 Å². The minimum Gasteiger partial charge on any atom is -0.480 e. The molecular formula is C13H23N3OS. The number of rotatable bonds is 7. The van der Waals surface area contributed by atoms with Gasteiger partial charge in [-0.25, -0.2) is 0 Å². The molecule has 1 aromatic heterocycles. The summed E-state index contributed by atoms with van der Waals surface area (Å²) in [6.45, 7) is 3.11. The lowest BCUT2D eigenvalue weighted by atomic mass is 10.1. The van der Waals surface area contributed by atoms with Crippen LogP contribution in [0.4, 0.5) is 5.13 Å². The van der Waals surface area contributed by atoms with E-state index in [9.17, 15) is 0 Å². The minimum absolute atomic E-state index is 0.576. The molecule has 102 valence electrons. The maximum atomic E-state index is 5.33. The van der Waals surface area contributed by atoms with Crippen LogP contribution in [0.3, 0.4) is 0 Å². The average Bonchev–Trinajstić information content (AvgIpc) is 3.03. The molecule has 0 amide bonds. The normalized spacial score (nSPS) is 16.7. The second kappa shape index (κ2) is 5.89. The first-order valence-electron chi connectivity index (χ1n) is 6.54.